The van der Waals surface area contributed by atoms with Crippen LogP contribution in [-0.2, 0) is 0 Å². The van der Waals surface area contributed by atoms with Crippen molar-refractivity contribution >= 4 is 11.6 Å². The SMILES string of the molecule is N[C@H]1C[C@H](F)CN(C(=O)c2cccc([N+](=O)[O-])c2)C1. The van der Waals surface area contributed by atoms with E-state index in [4.69, 9.17) is 5.73 Å². The number of nitrogens with zero attached hydrogens (tertiary/aromatic N) is 2. The lowest BCUT2D eigenvalue weighted by molar-refractivity contribution is -0.384. The lowest BCUT2D eigenvalue weighted by atomic mass is 10.0. The normalized spacial score (nSPS) is 23.2. The van der Waals surface area contributed by atoms with Crippen LogP contribution in [0, 0.1) is 10.1 Å². The smallest absolute Gasteiger partial charge is 0.270 e. The van der Waals surface area contributed by atoms with Gasteiger partial charge in [-0.1, -0.05) is 6.07 Å². The Hall–Kier alpha value is -2.02. The maximum atomic E-state index is 13.4. The van der Waals surface area contributed by atoms with Gasteiger partial charge in [-0.15, -0.1) is 0 Å². The van der Waals surface area contributed by atoms with Crippen LogP contribution in [0.1, 0.15) is 16.8 Å². The lowest BCUT2D eigenvalue weighted by Crippen LogP contribution is -2.50. The van der Waals surface area contributed by atoms with Crippen molar-refractivity contribution in [3.05, 3.63) is 39.9 Å². The number of rotatable bonds is 2. The van der Waals surface area contributed by atoms with Gasteiger partial charge in [0, 0.05) is 30.3 Å². The fourth-order valence-corrected chi connectivity index (χ4v) is 2.18. The van der Waals surface area contributed by atoms with Gasteiger partial charge in [-0.25, -0.2) is 4.39 Å². The molecule has 0 saturated carbocycles. The van der Waals surface area contributed by atoms with Crippen molar-refractivity contribution in [1.82, 2.24) is 4.90 Å². The van der Waals surface area contributed by atoms with Gasteiger partial charge in [-0.3, -0.25) is 14.9 Å². The summed E-state index contributed by atoms with van der Waals surface area (Å²) in [7, 11) is 0. The summed E-state index contributed by atoms with van der Waals surface area (Å²) in [6.07, 6.45) is -0.912. The number of hydrogen-bond acceptors (Lipinski definition) is 4. The highest BCUT2D eigenvalue weighted by molar-refractivity contribution is 5.95. The molecule has 1 aromatic carbocycles. The van der Waals surface area contributed by atoms with Gasteiger partial charge in [0.1, 0.15) is 6.17 Å². The number of non-ortho nitro benzene ring substituents is 1. The Morgan fingerprint density at radius 3 is 2.84 bits per heavy atom. The van der Waals surface area contributed by atoms with Gasteiger partial charge in [0.05, 0.1) is 11.5 Å². The number of piperidine rings is 1. The first-order valence-corrected chi connectivity index (χ1v) is 5.90. The van der Waals surface area contributed by atoms with E-state index in [0.717, 1.165) is 0 Å². The van der Waals surface area contributed by atoms with Crippen LogP contribution in [0.2, 0.25) is 0 Å². The van der Waals surface area contributed by atoms with Crippen molar-refractivity contribution in [3.63, 3.8) is 0 Å². The molecule has 0 spiro atoms. The summed E-state index contributed by atoms with van der Waals surface area (Å²) in [6.45, 7) is 0.247. The van der Waals surface area contributed by atoms with E-state index < -0.39 is 23.0 Å². The molecule has 0 bridgehead atoms. The topological polar surface area (TPSA) is 89.5 Å². The first-order chi connectivity index (χ1) is 8.97. The number of hydrogen-bond donors (Lipinski definition) is 1. The van der Waals surface area contributed by atoms with Crippen LogP contribution < -0.4 is 5.73 Å². The number of carbonyl (C=O) groups excluding carboxylic acids is 1. The van der Waals surface area contributed by atoms with E-state index in [-0.39, 0.29) is 30.8 Å². The molecule has 1 aliphatic heterocycles. The molecular weight excluding hydrogens is 253 g/mol. The van der Waals surface area contributed by atoms with Crippen LogP contribution in [0.25, 0.3) is 0 Å². The zero-order valence-corrected chi connectivity index (χ0v) is 10.2. The molecule has 1 saturated heterocycles. The maximum absolute atomic E-state index is 13.4. The second kappa shape index (κ2) is 5.31. The Bertz CT molecular complexity index is 499. The summed E-state index contributed by atoms with van der Waals surface area (Å²) in [5, 5.41) is 10.7. The van der Waals surface area contributed by atoms with Crippen LogP contribution in [0.3, 0.4) is 0 Å². The van der Waals surface area contributed by atoms with Crippen molar-refractivity contribution in [2.24, 2.45) is 5.73 Å². The number of halogens is 1. The van der Waals surface area contributed by atoms with Gasteiger partial charge >= 0.3 is 0 Å². The molecule has 0 aliphatic carbocycles. The van der Waals surface area contributed by atoms with E-state index in [9.17, 15) is 19.3 Å². The van der Waals surface area contributed by atoms with Gasteiger partial charge < -0.3 is 10.6 Å². The highest BCUT2D eigenvalue weighted by Gasteiger charge is 2.29. The quantitative estimate of drug-likeness (QED) is 0.642. The molecule has 2 rings (SSSR count). The standard InChI is InChI=1S/C12H14FN3O3/c13-9-5-10(14)7-15(6-9)12(17)8-2-1-3-11(4-8)16(18)19/h1-4,9-10H,5-7,14H2/t9-,10-/m0/s1. The molecule has 7 heteroatoms. The minimum absolute atomic E-state index is 0.0186. The molecule has 0 unspecified atom stereocenters. The molecule has 1 amide bonds. The van der Waals surface area contributed by atoms with Gasteiger partial charge in [0.2, 0.25) is 0 Å². The van der Waals surface area contributed by atoms with Crippen LogP contribution in [0.4, 0.5) is 10.1 Å². The molecule has 0 aromatic heterocycles. The number of benzene rings is 1. The molecule has 1 fully saturated rings. The molecule has 102 valence electrons. The second-order valence-electron chi connectivity index (χ2n) is 4.61. The predicted octanol–water partition coefficient (Wildman–Crippen LogP) is 1.11. The molecule has 2 atom stereocenters. The average molecular weight is 267 g/mol. The first kappa shape index (κ1) is 13.4. The summed E-state index contributed by atoms with van der Waals surface area (Å²) < 4.78 is 13.4. The zero-order chi connectivity index (χ0) is 14.0. The Morgan fingerprint density at radius 2 is 2.21 bits per heavy atom. The fraction of sp³-hybridized carbons (Fsp3) is 0.417. The largest absolute Gasteiger partial charge is 0.334 e. The minimum Gasteiger partial charge on any atom is -0.334 e. The number of likely N-dealkylation sites (tertiary alicyclic amines) is 1. The van der Waals surface area contributed by atoms with Gasteiger partial charge in [-0.05, 0) is 12.5 Å². The predicted molar refractivity (Wildman–Crippen MR) is 66.5 cm³/mol. The second-order valence-corrected chi connectivity index (χ2v) is 4.61. The van der Waals surface area contributed by atoms with Crippen molar-refractivity contribution in [2.75, 3.05) is 13.1 Å². The molecule has 19 heavy (non-hydrogen) atoms. The molecule has 6 nitrogen and oxygen atoms in total. The van der Waals surface area contributed by atoms with E-state index in [2.05, 4.69) is 0 Å². The number of carbonyl (C=O) groups is 1. The highest BCUT2D eigenvalue weighted by atomic mass is 19.1. The Kier molecular flexibility index (Phi) is 3.75. The first-order valence-electron chi connectivity index (χ1n) is 5.90. The molecule has 1 aromatic rings. The third kappa shape index (κ3) is 3.05. The van der Waals surface area contributed by atoms with Crippen LogP contribution in [0.5, 0.6) is 0 Å². The fourth-order valence-electron chi connectivity index (χ4n) is 2.18. The number of nitro groups is 1. The molecular formula is C12H14FN3O3. The molecule has 1 heterocycles. The number of nitro benzene ring substituents is 1. The van der Waals surface area contributed by atoms with E-state index in [1.54, 1.807) is 0 Å². The minimum atomic E-state index is -1.15. The Labute approximate surface area is 109 Å². The van der Waals surface area contributed by atoms with Crippen LogP contribution >= 0.6 is 0 Å². The van der Waals surface area contributed by atoms with Gasteiger partial charge in [0.25, 0.3) is 11.6 Å². The van der Waals surface area contributed by atoms with E-state index in [1.165, 1.54) is 29.2 Å². The summed E-state index contributed by atoms with van der Waals surface area (Å²) >= 11 is 0. The lowest BCUT2D eigenvalue weighted by Gasteiger charge is -2.32. The zero-order valence-electron chi connectivity index (χ0n) is 10.2. The maximum Gasteiger partial charge on any atom is 0.270 e. The highest BCUT2D eigenvalue weighted by Crippen LogP contribution is 2.18. The monoisotopic (exact) mass is 267 g/mol. The molecule has 1 aliphatic rings. The van der Waals surface area contributed by atoms with Gasteiger partial charge in [-0.2, -0.15) is 0 Å². The van der Waals surface area contributed by atoms with E-state index in [1.807, 2.05) is 0 Å². The van der Waals surface area contributed by atoms with Crippen molar-refractivity contribution in [2.45, 2.75) is 18.6 Å². The summed E-state index contributed by atoms with van der Waals surface area (Å²) in [5.74, 6) is -0.429. The summed E-state index contributed by atoms with van der Waals surface area (Å²) in [4.78, 5) is 23.5. The Balaban J connectivity index is 2.19. The van der Waals surface area contributed by atoms with Crippen LogP contribution in [-0.4, -0.2) is 41.0 Å². The van der Waals surface area contributed by atoms with Crippen molar-refractivity contribution in [3.8, 4) is 0 Å². The number of alkyl halides is 1. The van der Waals surface area contributed by atoms with E-state index in [0.29, 0.717) is 0 Å². The molecule has 0 radical (unpaired) electrons. The van der Waals surface area contributed by atoms with Crippen molar-refractivity contribution < 1.29 is 14.1 Å². The summed E-state index contributed by atoms with van der Waals surface area (Å²) in [6, 6.07) is 5.00. The third-order valence-corrected chi connectivity index (χ3v) is 3.02. The van der Waals surface area contributed by atoms with Crippen LogP contribution in [0.15, 0.2) is 24.3 Å². The summed E-state index contributed by atoms with van der Waals surface area (Å²) in [5.41, 5.74) is 5.68. The van der Waals surface area contributed by atoms with Gasteiger partial charge in [0.15, 0.2) is 0 Å². The Morgan fingerprint density at radius 1 is 1.47 bits per heavy atom. The third-order valence-electron chi connectivity index (χ3n) is 3.02. The average Bonchev–Trinajstić information content (AvgIpc) is 2.37. The number of amides is 1. The van der Waals surface area contributed by atoms with E-state index >= 15 is 0 Å². The van der Waals surface area contributed by atoms with Crippen molar-refractivity contribution in [1.29, 1.82) is 0 Å². The number of nitrogens with two attached hydrogens (primary N) is 1. The molecule has 2 N–H and O–H groups in total.